The van der Waals surface area contributed by atoms with Crippen LogP contribution in [-0.2, 0) is 0 Å². The topological polar surface area (TPSA) is 18.5 Å². The first-order chi connectivity index (χ1) is 18.8. The van der Waals surface area contributed by atoms with Crippen LogP contribution in [0.25, 0.3) is 43.4 Å². The molecule has 38 heavy (non-hydrogen) atoms. The third-order valence-corrected chi connectivity index (χ3v) is 6.95. The van der Waals surface area contributed by atoms with Crippen LogP contribution in [0.15, 0.2) is 146 Å². The SMILES string of the molecule is c1ccc(-c2ccccc2Oc2ccc3cc4ccccc4cc3c2Oc2cccc3ccccc23)cc1. The van der Waals surface area contributed by atoms with Crippen LogP contribution in [0.4, 0.5) is 0 Å². The zero-order chi connectivity index (χ0) is 25.3. The largest absolute Gasteiger partial charge is 0.453 e. The van der Waals surface area contributed by atoms with Gasteiger partial charge in [0.05, 0.1) is 0 Å². The van der Waals surface area contributed by atoms with Crippen molar-refractivity contribution in [2.45, 2.75) is 0 Å². The van der Waals surface area contributed by atoms with Gasteiger partial charge in [-0.15, -0.1) is 0 Å². The fourth-order valence-electron chi connectivity index (χ4n) is 5.08. The molecule has 0 heterocycles. The molecule has 7 aromatic rings. The Morgan fingerprint density at radius 3 is 1.87 bits per heavy atom. The summed E-state index contributed by atoms with van der Waals surface area (Å²) in [5.41, 5.74) is 2.13. The fourth-order valence-corrected chi connectivity index (χ4v) is 5.08. The molecule has 0 amide bonds. The molecule has 0 N–H and O–H groups in total. The number of para-hydroxylation sites is 1. The molecule has 0 radical (unpaired) electrons. The molecule has 0 aliphatic carbocycles. The van der Waals surface area contributed by atoms with Gasteiger partial charge in [0.1, 0.15) is 11.5 Å². The Hall–Kier alpha value is -5.08. The van der Waals surface area contributed by atoms with Crippen molar-refractivity contribution in [3.63, 3.8) is 0 Å². The van der Waals surface area contributed by atoms with Gasteiger partial charge in [0.15, 0.2) is 11.5 Å². The number of fused-ring (bicyclic) bond motifs is 3. The normalized spacial score (nSPS) is 11.2. The third kappa shape index (κ3) is 4.03. The first kappa shape index (κ1) is 22.1. The van der Waals surface area contributed by atoms with Crippen LogP contribution >= 0.6 is 0 Å². The Balaban J connectivity index is 1.43. The van der Waals surface area contributed by atoms with E-state index in [4.69, 9.17) is 9.47 Å². The molecule has 0 aromatic heterocycles. The molecule has 0 unspecified atom stereocenters. The average molecular weight is 489 g/mol. The number of hydrogen-bond donors (Lipinski definition) is 0. The van der Waals surface area contributed by atoms with E-state index in [-0.39, 0.29) is 0 Å². The van der Waals surface area contributed by atoms with Crippen molar-refractivity contribution in [1.82, 2.24) is 0 Å². The summed E-state index contributed by atoms with van der Waals surface area (Å²) in [6.45, 7) is 0. The van der Waals surface area contributed by atoms with Gasteiger partial charge in [0, 0.05) is 16.3 Å². The lowest BCUT2D eigenvalue weighted by molar-refractivity contribution is 0.426. The van der Waals surface area contributed by atoms with Crippen LogP contribution in [0.5, 0.6) is 23.0 Å². The highest BCUT2D eigenvalue weighted by Gasteiger charge is 2.17. The maximum Gasteiger partial charge on any atom is 0.177 e. The van der Waals surface area contributed by atoms with Crippen molar-refractivity contribution < 1.29 is 9.47 Å². The van der Waals surface area contributed by atoms with Gasteiger partial charge in [-0.3, -0.25) is 0 Å². The second-order valence-corrected chi connectivity index (χ2v) is 9.36. The van der Waals surface area contributed by atoms with Gasteiger partial charge in [-0.1, -0.05) is 115 Å². The molecule has 0 atom stereocenters. The van der Waals surface area contributed by atoms with Crippen molar-refractivity contribution in [2.75, 3.05) is 0 Å². The maximum atomic E-state index is 6.78. The number of benzene rings is 7. The van der Waals surface area contributed by atoms with Crippen molar-refractivity contribution in [2.24, 2.45) is 0 Å². The predicted octanol–water partition coefficient (Wildman–Crippen LogP) is 10.4. The molecule has 0 saturated carbocycles. The zero-order valence-corrected chi connectivity index (χ0v) is 20.7. The summed E-state index contributed by atoms with van der Waals surface area (Å²) in [5.74, 6) is 2.95. The predicted molar refractivity (Wildman–Crippen MR) is 157 cm³/mol. The van der Waals surface area contributed by atoms with Gasteiger partial charge in [0.25, 0.3) is 0 Å². The summed E-state index contributed by atoms with van der Waals surface area (Å²) in [6, 6.07) is 49.8. The van der Waals surface area contributed by atoms with Crippen molar-refractivity contribution in [3.05, 3.63) is 146 Å². The molecule has 0 aliphatic rings. The van der Waals surface area contributed by atoms with Gasteiger partial charge in [0.2, 0.25) is 0 Å². The molecule has 0 fully saturated rings. The Morgan fingerprint density at radius 2 is 1.00 bits per heavy atom. The third-order valence-electron chi connectivity index (χ3n) is 6.95. The summed E-state index contributed by atoms with van der Waals surface area (Å²) in [5, 5.41) is 6.65. The minimum absolute atomic E-state index is 0.670. The summed E-state index contributed by atoms with van der Waals surface area (Å²) >= 11 is 0. The fraction of sp³-hybridized carbons (Fsp3) is 0. The van der Waals surface area contributed by atoms with Crippen LogP contribution in [0.3, 0.4) is 0 Å². The summed E-state index contributed by atoms with van der Waals surface area (Å²) < 4.78 is 13.5. The molecule has 0 spiro atoms. The monoisotopic (exact) mass is 488 g/mol. The molecular formula is C36H24O2. The smallest absolute Gasteiger partial charge is 0.177 e. The van der Waals surface area contributed by atoms with E-state index >= 15 is 0 Å². The number of hydrogen-bond acceptors (Lipinski definition) is 2. The molecule has 0 saturated heterocycles. The van der Waals surface area contributed by atoms with Crippen LogP contribution in [0.2, 0.25) is 0 Å². The van der Waals surface area contributed by atoms with E-state index in [1.54, 1.807) is 0 Å². The minimum Gasteiger partial charge on any atom is -0.453 e. The Bertz CT molecular complexity index is 1920. The first-order valence-electron chi connectivity index (χ1n) is 12.8. The highest BCUT2D eigenvalue weighted by Crippen LogP contribution is 2.45. The Morgan fingerprint density at radius 1 is 0.342 bits per heavy atom. The van der Waals surface area contributed by atoms with E-state index in [1.807, 2.05) is 66.7 Å². The van der Waals surface area contributed by atoms with Crippen molar-refractivity contribution >= 4 is 32.3 Å². The van der Waals surface area contributed by atoms with Crippen LogP contribution < -0.4 is 9.47 Å². The first-order valence-corrected chi connectivity index (χ1v) is 12.8. The molecule has 7 aromatic carbocycles. The molecular weight excluding hydrogens is 464 g/mol. The molecule has 2 heteroatoms. The van der Waals surface area contributed by atoms with E-state index in [9.17, 15) is 0 Å². The van der Waals surface area contributed by atoms with E-state index in [1.165, 1.54) is 5.39 Å². The highest BCUT2D eigenvalue weighted by atomic mass is 16.5. The molecule has 7 rings (SSSR count). The molecule has 180 valence electrons. The molecule has 0 bridgehead atoms. The highest BCUT2D eigenvalue weighted by molar-refractivity contribution is 6.02. The van der Waals surface area contributed by atoms with Gasteiger partial charge in [-0.05, 0) is 57.4 Å². The molecule has 0 aliphatic heterocycles. The van der Waals surface area contributed by atoms with Gasteiger partial charge in [-0.25, -0.2) is 0 Å². The Kier molecular flexibility index (Phi) is 5.49. The lowest BCUT2D eigenvalue weighted by Gasteiger charge is -2.18. The van der Waals surface area contributed by atoms with E-state index in [0.717, 1.165) is 49.6 Å². The van der Waals surface area contributed by atoms with Gasteiger partial charge >= 0.3 is 0 Å². The van der Waals surface area contributed by atoms with Crippen LogP contribution in [0.1, 0.15) is 0 Å². The van der Waals surface area contributed by atoms with Gasteiger partial charge in [-0.2, -0.15) is 0 Å². The Labute approximate surface area is 221 Å². The summed E-state index contributed by atoms with van der Waals surface area (Å²) in [6.07, 6.45) is 0. The second-order valence-electron chi connectivity index (χ2n) is 9.36. The van der Waals surface area contributed by atoms with E-state index in [0.29, 0.717) is 11.5 Å². The lowest BCUT2D eigenvalue weighted by atomic mass is 10.0. The zero-order valence-electron chi connectivity index (χ0n) is 20.7. The van der Waals surface area contributed by atoms with Crippen LogP contribution in [-0.4, -0.2) is 0 Å². The van der Waals surface area contributed by atoms with Crippen molar-refractivity contribution in [1.29, 1.82) is 0 Å². The van der Waals surface area contributed by atoms with Gasteiger partial charge < -0.3 is 9.47 Å². The molecule has 2 nitrogen and oxygen atoms in total. The van der Waals surface area contributed by atoms with Crippen LogP contribution in [0, 0.1) is 0 Å². The van der Waals surface area contributed by atoms with Crippen molar-refractivity contribution in [3.8, 4) is 34.1 Å². The van der Waals surface area contributed by atoms with E-state index < -0.39 is 0 Å². The number of rotatable bonds is 5. The maximum absolute atomic E-state index is 6.78. The quantitative estimate of drug-likeness (QED) is 0.224. The van der Waals surface area contributed by atoms with E-state index in [2.05, 4.69) is 78.9 Å². The minimum atomic E-state index is 0.670. The average Bonchev–Trinajstić information content (AvgIpc) is 2.98. The summed E-state index contributed by atoms with van der Waals surface area (Å²) in [7, 11) is 0. The lowest BCUT2D eigenvalue weighted by Crippen LogP contribution is -1.94. The summed E-state index contributed by atoms with van der Waals surface area (Å²) in [4.78, 5) is 0. The second kappa shape index (κ2) is 9.42. The number of ether oxygens (including phenoxy) is 2. The standard InChI is InChI=1S/C36H24O2/c1-2-11-25(12-3-1)30-18-8-9-19-33(30)37-35-22-21-29-23-27-14-4-5-15-28(27)24-32(29)36(35)38-34-20-10-16-26-13-6-7-17-31(26)34/h1-24H.